The van der Waals surface area contributed by atoms with Crippen molar-refractivity contribution in [3.05, 3.63) is 0 Å². The van der Waals surface area contributed by atoms with Crippen LogP contribution in [0.2, 0.25) is 0 Å². The van der Waals surface area contributed by atoms with Crippen molar-refractivity contribution >= 4 is 29.3 Å². The number of amides is 3. The molecule has 4 N–H and O–H groups in total. The molecule has 0 aliphatic rings. The standard InChI is InChI=1S/C12H23ClN4O3/c1-8(2)6-9(15-3)12(20)16-17(11(19)7-13)5-4-10(14)18/h8-9,15H,4-7H2,1-3H3,(H2,14,18)(H,16,20)/t9-/m0/s1. The Morgan fingerprint density at radius 1 is 1.30 bits per heavy atom. The second kappa shape index (κ2) is 9.55. The largest absolute Gasteiger partial charge is 0.370 e. The summed E-state index contributed by atoms with van der Waals surface area (Å²) in [4.78, 5) is 34.4. The molecular weight excluding hydrogens is 284 g/mol. The van der Waals surface area contributed by atoms with Gasteiger partial charge < -0.3 is 11.1 Å². The molecule has 8 heteroatoms. The Kier molecular flexibility index (Phi) is 8.91. The number of nitrogens with one attached hydrogen (secondary N) is 2. The fourth-order valence-electron chi connectivity index (χ4n) is 1.58. The van der Waals surface area contributed by atoms with E-state index in [9.17, 15) is 14.4 Å². The van der Waals surface area contributed by atoms with Crippen LogP contribution in [0.3, 0.4) is 0 Å². The van der Waals surface area contributed by atoms with Gasteiger partial charge in [0.2, 0.25) is 5.91 Å². The lowest BCUT2D eigenvalue weighted by molar-refractivity contribution is -0.141. The fourth-order valence-corrected chi connectivity index (χ4v) is 1.72. The molecule has 116 valence electrons. The van der Waals surface area contributed by atoms with E-state index in [-0.39, 0.29) is 24.8 Å². The lowest BCUT2D eigenvalue weighted by atomic mass is 10.0. The van der Waals surface area contributed by atoms with E-state index in [0.717, 1.165) is 5.01 Å². The van der Waals surface area contributed by atoms with Gasteiger partial charge in [0, 0.05) is 6.42 Å². The van der Waals surface area contributed by atoms with E-state index in [1.807, 2.05) is 13.8 Å². The molecule has 0 spiro atoms. The maximum atomic E-state index is 12.1. The van der Waals surface area contributed by atoms with E-state index < -0.39 is 17.9 Å². The van der Waals surface area contributed by atoms with Gasteiger partial charge >= 0.3 is 0 Å². The molecule has 0 aliphatic heterocycles. The van der Waals surface area contributed by atoms with Gasteiger partial charge in [-0.3, -0.25) is 24.8 Å². The van der Waals surface area contributed by atoms with Crippen LogP contribution < -0.4 is 16.5 Å². The average molecular weight is 307 g/mol. The van der Waals surface area contributed by atoms with Crippen molar-refractivity contribution in [3.8, 4) is 0 Å². The summed E-state index contributed by atoms with van der Waals surface area (Å²) in [6.07, 6.45) is 0.582. The highest BCUT2D eigenvalue weighted by Gasteiger charge is 2.22. The van der Waals surface area contributed by atoms with Crippen molar-refractivity contribution in [1.29, 1.82) is 0 Å². The third kappa shape index (κ3) is 7.30. The fraction of sp³-hybridized carbons (Fsp3) is 0.750. The van der Waals surface area contributed by atoms with Gasteiger partial charge in [-0.25, -0.2) is 0 Å². The molecule has 0 aromatic carbocycles. The van der Waals surface area contributed by atoms with E-state index in [1.54, 1.807) is 7.05 Å². The Labute approximate surface area is 124 Å². The van der Waals surface area contributed by atoms with E-state index in [4.69, 9.17) is 17.3 Å². The summed E-state index contributed by atoms with van der Waals surface area (Å²) in [5, 5.41) is 3.92. The number of nitrogens with two attached hydrogens (primary N) is 1. The van der Waals surface area contributed by atoms with Gasteiger partial charge in [0.1, 0.15) is 5.88 Å². The highest BCUT2D eigenvalue weighted by Crippen LogP contribution is 2.05. The first-order valence-corrected chi connectivity index (χ1v) is 6.97. The summed E-state index contributed by atoms with van der Waals surface area (Å²) in [5.41, 5.74) is 7.50. The molecule has 0 saturated heterocycles. The zero-order valence-corrected chi connectivity index (χ0v) is 12.9. The van der Waals surface area contributed by atoms with E-state index >= 15 is 0 Å². The SMILES string of the molecule is CN[C@@H](CC(C)C)C(=O)NN(CCC(N)=O)C(=O)CCl. The first-order valence-electron chi connectivity index (χ1n) is 6.44. The Hall–Kier alpha value is -1.34. The third-order valence-electron chi connectivity index (χ3n) is 2.61. The van der Waals surface area contributed by atoms with Crippen LogP contribution in [-0.4, -0.2) is 48.2 Å². The van der Waals surface area contributed by atoms with Crippen molar-refractivity contribution in [2.75, 3.05) is 19.5 Å². The van der Waals surface area contributed by atoms with Crippen LogP contribution >= 0.6 is 11.6 Å². The van der Waals surface area contributed by atoms with Crippen molar-refractivity contribution in [1.82, 2.24) is 15.8 Å². The number of rotatable bonds is 8. The van der Waals surface area contributed by atoms with Gasteiger partial charge in [0.25, 0.3) is 11.8 Å². The number of carbonyl (C=O) groups is 3. The van der Waals surface area contributed by atoms with Crippen LogP contribution in [0.5, 0.6) is 0 Å². The lowest BCUT2D eigenvalue weighted by Crippen LogP contribution is -2.54. The molecule has 0 aliphatic carbocycles. The van der Waals surface area contributed by atoms with Gasteiger partial charge in [-0.15, -0.1) is 11.6 Å². The molecule has 0 rings (SSSR count). The van der Waals surface area contributed by atoms with Crippen molar-refractivity contribution in [2.45, 2.75) is 32.7 Å². The quantitative estimate of drug-likeness (QED) is 0.419. The van der Waals surface area contributed by atoms with Crippen LogP contribution in [0, 0.1) is 5.92 Å². The van der Waals surface area contributed by atoms with Crippen molar-refractivity contribution in [2.24, 2.45) is 11.7 Å². The molecule has 0 unspecified atom stereocenters. The maximum Gasteiger partial charge on any atom is 0.255 e. The van der Waals surface area contributed by atoms with E-state index in [1.165, 1.54) is 0 Å². The number of alkyl halides is 1. The number of likely N-dealkylation sites (N-methyl/N-ethyl adjacent to an activating group) is 1. The van der Waals surface area contributed by atoms with Gasteiger partial charge in [-0.05, 0) is 19.4 Å². The second-order valence-corrected chi connectivity index (χ2v) is 5.11. The number of carbonyl (C=O) groups excluding carboxylic acids is 3. The lowest BCUT2D eigenvalue weighted by Gasteiger charge is -2.25. The molecular formula is C12H23ClN4O3. The zero-order chi connectivity index (χ0) is 15.7. The minimum absolute atomic E-state index is 0.00470. The van der Waals surface area contributed by atoms with Gasteiger partial charge in [-0.2, -0.15) is 0 Å². The van der Waals surface area contributed by atoms with E-state index in [2.05, 4.69) is 10.7 Å². The highest BCUT2D eigenvalue weighted by molar-refractivity contribution is 6.27. The molecule has 0 heterocycles. The molecule has 1 atom stereocenters. The summed E-state index contributed by atoms with van der Waals surface area (Å²) in [7, 11) is 1.67. The summed E-state index contributed by atoms with van der Waals surface area (Å²) in [6, 6.07) is -0.422. The highest BCUT2D eigenvalue weighted by atomic mass is 35.5. The number of hydrazine groups is 1. The maximum absolute atomic E-state index is 12.1. The monoisotopic (exact) mass is 306 g/mol. The van der Waals surface area contributed by atoms with Crippen LogP contribution in [0.1, 0.15) is 26.7 Å². The predicted molar refractivity (Wildman–Crippen MR) is 76.7 cm³/mol. The van der Waals surface area contributed by atoms with Crippen LogP contribution in [0.15, 0.2) is 0 Å². The molecule has 0 aromatic rings. The second-order valence-electron chi connectivity index (χ2n) is 4.84. The molecule has 0 fully saturated rings. The molecule has 0 aromatic heterocycles. The van der Waals surface area contributed by atoms with Gasteiger partial charge in [0.15, 0.2) is 0 Å². The molecule has 20 heavy (non-hydrogen) atoms. The first kappa shape index (κ1) is 18.7. The third-order valence-corrected chi connectivity index (χ3v) is 2.84. The Morgan fingerprint density at radius 3 is 2.30 bits per heavy atom. The summed E-state index contributed by atoms with van der Waals surface area (Å²) >= 11 is 5.47. The summed E-state index contributed by atoms with van der Waals surface area (Å²) < 4.78 is 0. The minimum atomic E-state index is -0.557. The number of primary amides is 1. The Bertz CT molecular complexity index is 350. The van der Waals surface area contributed by atoms with Crippen molar-refractivity contribution < 1.29 is 14.4 Å². The molecule has 0 radical (unpaired) electrons. The smallest absolute Gasteiger partial charge is 0.255 e. The topological polar surface area (TPSA) is 105 Å². The van der Waals surface area contributed by atoms with Crippen LogP contribution in [0.25, 0.3) is 0 Å². The van der Waals surface area contributed by atoms with Crippen LogP contribution in [-0.2, 0) is 14.4 Å². The zero-order valence-electron chi connectivity index (χ0n) is 12.1. The molecule has 7 nitrogen and oxygen atoms in total. The molecule has 0 saturated carbocycles. The Balaban J connectivity index is 4.64. The molecule has 0 bridgehead atoms. The van der Waals surface area contributed by atoms with Crippen LogP contribution in [0.4, 0.5) is 0 Å². The average Bonchev–Trinajstić information content (AvgIpc) is 2.38. The van der Waals surface area contributed by atoms with Gasteiger partial charge in [0.05, 0.1) is 12.6 Å². The van der Waals surface area contributed by atoms with E-state index in [0.29, 0.717) is 12.3 Å². The number of nitrogens with zero attached hydrogens (tertiary/aromatic N) is 1. The summed E-state index contributed by atoms with van der Waals surface area (Å²) in [6.45, 7) is 3.99. The normalized spacial score (nSPS) is 12.1. The van der Waals surface area contributed by atoms with Gasteiger partial charge in [-0.1, -0.05) is 13.8 Å². The molecule has 3 amide bonds. The van der Waals surface area contributed by atoms with Crippen molar-refractivity contribution in [3.63, 3.8) is 0 Å². The number of hydrogen-bond donors (Lipinski definition) is 3. The number of hydrogen-bond acceptors (Lipinski definition) is 4. The minimum Gasteiger partial charge on any atom is -0.370 e. The predicted octanol–water partition coefficient (Wildman–Crippen LogP) is -0.405. The first-order chi connectivity index (χ1) is 9.31. The summed E-state index contributed by atoms with van der Waals surface area (Å²) in [5.74, 6) is -1.35. The number of halogens is 1. The Morgan fingerprint density at radius 2 is 1.90 bits per heavy atom.